The normalized spacial score (nSPS) is 27.9. The molecule has 0 spiro atoms. The second-order valence-electron chi connectivity index (χ2n) is 5.79. The van der Waals surface area contributed by atoms with Crippen molar-refractivity contribution >= 4 is 0 Å². The van der Waals surface area contributed by atoms with Crippen LogP contribution in [-0.2, 0) is 6.42 Å². The van der Waals surface area contributed by atoms with Crippen molar-refractivity contribution in [3.63, 3.8) is 0 Å². The number of ether oxygens (including phenoxy) is 1. The summed E-state index contributed by atoms with van der Waals surface area (Å²) in [6.45, 7) is 3.16. The monoisotopic (exact) mass is 246 g/mol. The van der Waals surface area contributed by atoms with E-state index in [9.17, 15) is 0 Å². The molecule has 1 fully saturated rings. The zero-order chi connectivity index (χ0) is 12.5. The van der Waals surface area contributed by atoms with Crippen LogP contribution in [0.3, 0.4) is 0 Å². The molecule has 1 saturated carbocycles. The van der Waals surface area contributed by atoms with Crippen LogP contribution in [0.4, 0.5) is 0 Å². The number of nitrogens with two attached hydrogens (primary N) is 1. The van der Waals surface area contributed by atoms with Gasteiger partial charge in [0, 0.05) is 12.5 Å². The standard InChI is InChI=1S/C15H22N2O/c1-10-2-3-12(8-10)15(17-16)13-4-5-14-11(9-13)6-7-18-14/h4-5,9-10,12,15,17H,2-3,6-8,16H2,1H3. The molecule has 98 valence electrons. The summed E-state index contributed by atoms with van der Waals surface area (Å²) in [4.78, 5) is 0. The van der Waals surface area contributed by atoms with Crippen molar-refractivity contribution in [1.29, 1.82) is 0 Å². The number of hydrazine groups is 1. The van der Waals surface area contributed by atoms with Crippen molar-refractivity contribution in [2.24, 2.45) is 17.7 Å². The molecule has 3 rings (SSSR count). The van der Waals surface area contributed by atoms with E-state index in [0.29, 0.717) is 12.0 Å². The lowest BCUT2D eigenvalue weighted by atomic mass is 9.90. The molecule has 0 saturated heterocycles. The van der Waals surface area contributed by atoms with Gasteiger partial charge in [-0.05, 0) is 41.9 Å². The van der Waals surface area contributed by atoms with Crippen LogP contribution >= 0.6 is 0 Å². The van der Waals surface area contributed by atoms with E-state index in [-0.39, 0.29) is 0 Å². The van der Waals surface area contributed by atoms with Crippen molar-refractivity contribution < 1.29 is 4.74 Å². The summed E-state index contributed by atoms with van der Waals surface area (Å²) in [5.41, 5.74) is 5.68. The molecule has 3 nitrogen and oxygen atoms in total. The van der Waals surface area contributed by atoms with E-state index in [1.54, 1.807) is 0 Å². The van der Waals surface area contributed by atoms with Crippen molar-refractivity contribution in [1.82, 2.24) is 5.43 Å². The Kier molecular flexibility index (Phi) is 3.27. The fourth-order valence-electron chi connectivity index (χ4n) is 3.46. The minimum Gasteiger partial charge on any atom is -0.493 e. The maximum atomic E-state index is 5.79. The zero-order valence-electron chi connectivity index (χ0n) is 11.0. The topological polar surface area (TPSA) is 47.3 Å². The van der Waals surface area contributed by atoms with Crippen LogP contribution < -0.4 is 16.0 Å². The van der Waals surface area contributed by atoms with Crippen LogP contribution in [0.15, 0.2) is 18.2 Å². The molecule has 1 aromatic carbocycles. The predicted molar refractivity (Wildman–Crippen MR) is 72.2 cm³/mol. The third-order valence-corrected chi connectivity index (χ3v) is 4.46. The van der Waals surface area contributed by atoms with Gasteiger partial charge in [-0.2, -0.15) is 0 Å². The lowest BCUT2D eigenvalue weighted by molar-refractivity contribution is 0.355. The average molecular weight is 246 g/mol. The Morgan fingerprint density at radius 1 is 1.39 bits per heavy atom. The third kappa shape index (κ3) is 2.13. The van der Waals surface area contributed by atoms with E-state index in [0.717, 1.165) is 24.7 Å². The molecular formula is C15H22N2O. The molecule has 1 aliphatic carbocycles. The molecule has 3 N–H and O–H groups in total. The minimum absolute atomic E-state index is 0.292. The molecule has 0 amide bonds. The van der Waals surface area contributed by atoms with Gasteiger partial charge >= 0.3 is 0 Å². The smallest absolute Gasteiger partial charge is 0.122 e. The van der Waals surface area contributed by atoms with Crippen LogP contribution in [0.2, 0.25) is 0 Å². The second-order valence-corrected chi connectivity index (χ2v) is 5.79. The van der Waals surface area contributed by atoms with Gasteiger partial charge in [0.2, 0.25) is 0 Å². The number of rotatable bonds is 3. The SMILES string of the molecule is CC1CCC(C(NN)c2ccc3c(c2)CCO3)C1. The van der Waals surface area contributed by atoms with Crippen LogP contribution in [0.1, 0.15) is 43.4 Å². The largest absolute Gasteiger partial charge is 0.493 e. The van der Waals surface area contributed by atoms with Gasteiger partial charge in [-0.1, -0.05) is 25.5 Å². The van der Waals surface area contributed by atoms with Crippen LogP contribution in [0, 0.1) is 11.8 Å². The average Bonchev–Trinajstić information content (AvgIpc) is 2.99. The molecule has 0 aromatic heterocycles. The van der Waals surface area contributed by atoms with E-state index < -0.39 is 0 Å². The summed E-state index contributed by atoms with van der Waals surface area (Å²) in [6.07, 6.45) is 4.92. The van der Waals surface area contributed by atoms with E-state index in [2.05, 4.69) is 30.5 Å². The molecule has 0 bridgehead atoms. The van der Waals surface area contributed by atoms with Crippen LogP contribution in [0.5, 0.6) is 5.75 Å². The number of hydrogen-bond donors (Lipinski definition) is 2. The molecule has 1 aromatic rings. The second kappa shape index (κ2) is 4.90. The molecule has 3 unspecified atom stereocenters. The summed E-state index contributed by atoms with van der Waals surface area (Å²) in [5, 5.41) is 0. The first-order valence-corrected chi connectivity index (χ1v) is 6.99. The summed E-state index contributed by atoms with van der Waals surface area (Å²) >= 11 is 0. The Morgan fingerprint density at radius 3 is 3.00 bits per heavy atom. The van der Waals surface area contributed by atoms with Gasteiger partial charge in [-0.3, -0.25) is 11.3 Å². The summed E-state index contributed by atoms with van der Waals surface area (Å²) < 4.78 is 5.56. The highest BCUT2D eigenvalue weighted by Crippen LogP contribution is 2.39. The number of benzene rings is 1. The molecule has 2 aliphatic rings. The van der Waals surface area contributed by atoms with Gasteiger partial charge in [0.25, 0.3) is 0 Å². The van der Waals surface area contributed by atoms with E-state index in [4.69, 9.17) is 10.6 Å². The first kappa shape index (κ1) is 12.0. The van der Waals surface area contributed by atoms with E-state index in [1.165, 1.54) is 30.4 Å². The molecule has 3 heteroatoms. The van der Waals surface area contributed by atoms with Crippen molar-refractivity contribution in [2.75, 3.05) is 6.61 Å². The van der Waals surface area contributed by atoms with Crippen LogP contribution in [-0.4, -0.2) is 6.61 Å². The van der Waals surface area contributed by atoms with Gasteiger partial charge in [-0.25, -0.2) is 0 Å². The molecular weight excluding hydrogens is 224 g/mol. The van der Waals surface area contributed by atoms with Gasteiger partial charge in [0.05, 0.1) is 6.61 Å². The molecule has 1 aliphatic heterocycles. The number of nitrogens with one attached hydrogen (secondary N) is 1. The van der Waals surface area contributed by atoms with E-state index in [1.807, 2.05) is 0 Å². The predicted octanol–water partition coefficient (Wildman–Crippen LogP) is 2.56. The van der Waals surface area contributed by atoms with Gasteiger partial charge < -0.3 is 4.74 Å². The maximum Gasteiger partial charge on any atom is 0.122 e. The minimum atomic E-state index is 0.292. The quantitative estimate of drug-likeness (QED) is 0.636. The van der Waals surface area contributed by atoms with Crippen molar-refractivity contribution in [3.8, 4) is 5.75 Å². The number of hydrogen-bond acceptors (Lipinski definition) is 3. The van der Waals surface area contributed by atoms with Gasteiger partial charge in [0.1, 0.15) is 5.75 Å². The lowest BCUT2D eigenvalue weighted by Crippen LogP contribution is -2.32. The zero-order valence-corrected chi connectivity index (χ0v) is 11.0. The Bertz CT molecular complexity index is 433. The Balaban J connectivity index is 1.83. The summed E-state index contributed by atoms with van der Waals surface area (Å²) in [6, 6.07) is 6.83. The maximum absolute atomic E-state index is 5.79. The highest BCUT2D eigenvalue weighted by atomic mass is 16.5. The fraction of sp³-hybridized carbons (Fsp3) is 0.600. The molecule has 3 atom stereocenters. The first-order valence-electron chi connectivity index (χ1n) is 6.99. The van der Waals surface area contributed by atoms with Crippen molar-refractivity contribution in [2.45, 2.75) is 38.6 Å². The molecule has 0 radical (unpaired) electrons. The van der Waals surface area contributed by atoms with Gasteiger partial charge in [0.15, 0.2) is 0 Å². The molecule has 18 heavy (non-hydrogen) atoms. The Labute approximate surface area is 109 Å². The Morgan fingerprint density at radius 2 is 2.28 bits per heavy atom. The number of fused-ring (bicyclic) bond motifs is 1. The first-order chi connectivity index (χ1) is 8.78. The lowest BCUT2D eigenvalue weighted by Gasteiger charge is -2.23. The highest BCUT2D eigenvalue weighted by molar-refractivity contribution is 5.41. The highest BCUT2D eigenvalue weighted by Gasteiger charge is 2.29. The van der Waals surface area contributed by atoms with Gasteiger partial charge in [-0.15, -0.1) is 0 Å². The van der Waals surface area contributed by atoms with Crippen LogP contribution in [0.25, 0.3) is 0 Å². The summed E-state index contributed by atoms with van der Waals surface area (Å²) in [7, 11) is 0. The van der Waals surface area contributed by atoms with Crippen molar-refractivity contribution in [3.05, 3.63) is 29.3 Å². The third-order valence-electron chi connectivity index (χ3n) is 4.46. The fourth-order valence-corrected chi connectivity index (χ4v) is 3.46. The Hall–Kier alpha value is -1.06. The summed E-state index contributed by atoms with van der Waals surface area (Å²) in [5.74, 6) is 8.35. The molecule has 1 heterocycles. The van der Waals surface area contributed by atoms with E-state index >= 15 is 0 Å².